The van der Waals surface area contributed by atoms with Crippen LogP contribution in [0.25, 0.3) is 0 Å². The van der Waals surface area contributed by atoms with E-state index in [4.69, 9.17) is 5.11 Å². The summed E-state index contributed by atoms with van der Waals surface area (Å²) in [6.45, 7) is 0. The molecule has 1 rings (SSSR count). The molecule has 0 saturated heterocycles. The van der Waals surface area contributed by atoms with Crippen LogP contribution in [0, 0.1) is 0 Å². The van der Waals surface area contributed by atoms with Crippen molar-refractivity contribution in [2.45, 2.75) is 6.04 Å². The van der Waals surface area contributed by atoms with Crippen LogP contribution in [-0.2, 0) is 4.79 Å². The van der Waals surface area contributed by atoms with E-state index in [1.807, 2.05) is 0 Å². The summed E-state index contributed by atoms with van der Waals surface area (Å²) in [6.07, 6.45) is 1.60. The highest BCUT2D eigenvalue weighted by Gasteiger charge is 2.14. The molecule has 1 aromatic heterocycles. The van der Waals surface area contributed by atoms with Crippen molar-refractivity contribution in [3.8, 4) is 0 Å². The molecule has 0 unspecified atom stereocenters. The number of nitrogens with zero attached hydrogens (tertiary/aromatic N) is 1. The summed E-state index contributed by atoms with van der Waals surface area (Å²) in [7, 11) is 0. The molecule has 13 heavy (non-hydrogen) atoms. The number of aromatic nitrogens is 1. The van der Waals surface area contributed by atoms with Gasteiger partial charge in [-0.3, -0.25) is 0 Å². The Bertz CT molecular complexity index is 279. The minimum Gasteiger partial charge on any atom is -0.480 e. The molecule has 1 atom stereocenters. The molecule has 1 heterocycles. The second-order valence-corrected chi connectivity index (χ2v) is 2.80. The van der Waals surface area contributed by atoms with E-state index in [-0.39, 0.29) is 5.75 Å². The summed E-state index contributed by atoms with van der Waals surface area (Å²) < 4.78 is 0. The molecule has 0 fully saturated rings. The summed E-state index contributed by atoms with van der Waals surface area (Å²) in [4.78, 5) is 14.5. The fourth-order valence-electron chi connectivity index (χ4n) is 0.812. The number of pyridine rings is 1. The molecule has 4 nitrogen and oxygen atoms in total. The highest BCUT2D eigenvalue weighted by atomic mass is 32.1. The summed E-state index contributed by atoms with van der Waals surface area (Å²) in [6, 6.07) is 4.56. The van der Waals surface area contributed by atoms with E-state index < -0.39 is 12.0 Å². The highest BCUT2D eigenvalue weighted by molar-refractivity contribution is 7.80. The van der Waals surface area contributed by atoms with Crippen LogP contribution in [-0.4, -0.2) is 27.9 Å². The van der Waals surface area contributed by atoms with Gasteiger partial charge in [0.05, 0.1) is 0 Å². The average molecular weight is 198 g/mol. The molecule has 0 aliphatic heterocycles. The molecule has 0 saturated carbocycles. The zero-order valence-electron chi connectivity index (χ0n) is 6.84. The van der Waals surface area contributed by atoms with E-state index in [0.29, 0.717) is 5.82 Å². The topological polar surface area (TPSA) is 62.2 Å². The molecule has 0 amide bonds. The van der Waals surface area contributed by atoms with E-state index >= 15 is 0 Å². The number of aliphatic carboxylic acids is 1. The Morgan fingerprint density at radius 2 is 2.46 bits per heavy atom. The average Bonchev–Trinajstić information content (AvgIpc) is 2.15. The Morgan fingerprint density at radius 3 is 2.92 bits per heavy atom. The Morgan fingerprint density at radius 1 is 1.69 bits per heavy atom. The smallest absolute Gasteiger partial charge is 0.327 e. The Hall–Kier alpha value is -1.23. The first-order valence-corrected chi connectivity index (χ1v) is 4.38. The standard InChI is InChI=1S/C8H10N2O2S/c11-8(12)6(5-13)10-7-3-1-2-4-9-7/h1-4,6,13H,5H2,(H,9,10)(H,11,12)/t6-/m0/s1. The molecule has 0 aliphatic carbocycles. The Labute approximate surface area is 81.4 Å². The van der Waals surface area contributed by atoms with Crippen LogP contribution in [0.5, 0.6) is 0 Å². The predicted molar refractivity (Wildman–Crippen MR) is 53.1 cm³/mol. The van der Waals surface area contributed by atoms with Gasteiger partial charge in [0.2, 0.25) is 0 Å². The van der Waals surface area contributed by atoms with E-state index in [1.54, 1.807) is 24.4 Å². The van der Waals surface area contributed by atoms with Gasteiger partial charge >= 0.3 is 5.97 Å². The second-order valence-electron chi connectivity index (χ2n) is 2.43. The number of rotatable bonds is 4. The van der Waals surface area contributed by atoms with Crippen LogP contribution in [0.15, 0.2) is 24.4 Å². The predicted octanol–water partition coefficient (Wildman–Crippen LogP) is 0.876. The zero-order valence-corrected chi connectivity index (χ0v) is 7.74. The second kappa shape index (κ2) is 4.71. The third-order valence-electron chi connectivity index (χ3n) is 1.47. The van der Waals surface area contributed by atoms with Crippen molar-refractivity contribution in [1.29, 1.82) is 0 Å². The number of nitrogens with one attached hydrogen (secondary N) is 1. The van der Waals surface area contributed by atoms with Gasteiger partial charge in [0, 0.05) is 11.9 Å². The van der Waals surface area contributed by atoms with E-state index in [9.17, 15) is 4.79 Å². The van der Waals surface area contributed by atoms with Gasteiger partial charge in [0.15, 0.2) is 0 Å². The third kappa shape index (κ3) is 2.95. The number of carbonyl (C=O) groups is 1. The lowest BCUT2D eigenvalue weighted by Gasteiger charge is -2.11. The summed E-state index contributed by atoms with van der Waals surface area (Å²) in [5.74, 6) is -0.157. The molecule has 0 bridgehead atoms. The van der Waals surface area contributed by atoms with Crippen molar-refractivity contribution in [2.75, 3.05) is 11.1 Å². The lowest BCUT2D eigenvalue weighted by molar-refractivity contribution is -0.137. The molecule has 2 N–H and O–H groups in total. The normalized spacial score (nSPS) is 12.1. The molecule has 5 heteroatoms. The van der Waals surface area contributed by atoms with E-state index in [2.05, 4.69) is 22.9 Å². The fourth-order valence-corrected chi connectivity index (χ4v) is 1.06. The van der Waals surface area contributed by atoms with Gasteiger partial charge in [0.1, 0.15) is 11.9 Å². The first-order valence-electron chi connectivity index (χ1n) is 3.75. The minimum absolute atomic E-state index is 0.228. The summed E-state index contributed by atoms with van der Waals surface area (Å²) in [5.41, 5.74) is 0. The van der Waals surface area contributed by atoms with Gasteiger partial charge in [-0.25, -0.2) is 9.78 Å². The van der Waals surface area contributed by atoms with Crippen LogP contribution in [0.1, 0.15) is 0 Å². The van der Waals surface area contributed by atoms with Crippen molar-refractivity contribution >= 4 is 24.4 Å². The first kappa shape index (κ1) is 9.85. The quantitative estimate of drug-likeness (QED) is 0.628. The third-order valence-corrected chi connectivity index (χ3v) is 1.83. The van der Waals surface area contributed by atoms with Crippen LogP contribution in [0.3, 0.4) is 0 Å². The molecule has 1 aromatic rings. The maximum absolute atomic E-state index is 10.6. The zero-order chi connectivity index (χ0) is 9.68. The molecular weight excluding hydrogens is 188 g/mol. The van der Waals surface area contributed by atoms with Crippen molar-refractivity contribution in [2.24, 2.45) is 0 Å². The van der Waals surface area contributed by atoms with Crippen molar-refractivity contribution in [3.63, 3.8) is 0 Å². The van der Waals surface area contributed by atoms with Gasteiger partial charge in [-0.2, -0.15) is 12.6 Å². The van der Waals surface area contributed by atoms with Crippen LogP contribution >= 0.6 is 12.6 Å². The molecular formula is C8H10N2O2S. The minimum atomic E-state index is -0.930. The van der Waals surface area contributed by atoms with Gasteiger partial charge in [-0.1, -0.05) is 6.07 Å². The van der Waals surface area contributed by atoms with Crippen molar-refractivity contribution in [3.05, 3.63) is 24.4 Å². The monoisotopic (exact) mass is 198 g/mol. The van der Waals surface area contributed by atoms with Gasteiger partial charge in [0.25, 0.3) is 0 Å². The van der Waals surface area contributed by atoms with Crippen LogP contribution in [0.4, 0.5) is 5.82 Å². The lowest BCUT2D eigenvalue weighted by atomic mass is 10.3. The summed E-state index contributed by atoms with van der Waals surface area (Å²) in [5, 5.41) is 11.4. The van der Waals surface area contributed by atoms with Gasteiger partial charge < -0.3 is 10.4 Å². The fraction of sp³-hybridized carbons (Fsp3) is 0.250. The van der Waals surface area contributed by atoms with Crippen LogP contribution in [0.2, 0.25) is 0 Å². The SMILES string of the molecule is O=C(O)[C@H](CS)Nc1ccccn1. The Kier molecular flexibility index (Phi) is 3.57. The van der Waals surface area contributed by atoms with Crippen molar-refractivity contribution < 1.29 is 9.90 Å². The molecule has 0 spiro atoms. The maximum Gasteiger partial charge on any atom is 0.327 e. The maximum atomic E-state index is 10.6. The number of thiol groups is 1. The van der Waals surface area contributed by atoms with Gasteiger partial charge in [-0.05, 0) is 12.1 Å². The summed E-state index contributed by atoms with van der Waals surface area (Å²) >= 11 is 3.91. The largest absolute Gasteiger partial charge is 0.480 e. The Balaban J connectivity index is 2.62. The number of hydrogen-bond donors (Lipinski definition) is 3. The lowest BCUT2D eigenvalue weighted by Crippen LogP contribution is -2.31. The number of carboxylic acid groups (broad SMARTS) is 1. The molecule has 0 radical (unpaired) electrons. The van der Waals surface area contributed by atoms with E-state index in [1.165, 1.54) is 0 Å². The molecule has 0 aromatic carbocycles. The van der Waals surface area contributed by atoms with Gasteiger partial charge in [-0.15, -0.1) is 0 Å². The first-order chi connectivity index (χ1) is 6.24. The number of carboxylic acids is 1. The van der Waals surface area contributed by atoms with Crippen molar-refractivity contribution in [1.82, 2.24) is 4.98 Å². The number of hydrogen-bond acceptors (Lipinski definition) is 4. The van der Waals surface area contributed by atoms with Crippen LogP contribution < -0.4 is 5.32 Å². The van der Waals surface area contributed by atoms with E-state index in [0.717, 1.165) is 0 Å². The number of anilines is 1. The molecule has 70 valence electrons. The molecule has 0 aliphatic rings. The highest BCUT2D eigenvalue weighted by Crippen LogP contribution is 2.03.